The monoisotopic (exact) mass is 417 g/mol. The van der Waals surface area contributed by atoms with Gasteiger partial charge in [-0.1, -0.05) is 35.3 Å². The van der Waals surface area contributed by atoms with Gasteiger partial charge in [0.25, 0.3) is 0 Å². The van der Waals surface area contributed by atoms with Gasteiger partial charge >= 0.3 is 0 Å². The third-order valence-corrected chi connectivity index (χ3v) is 4.58. The Labute approximate surface area is 174 Å². The molecule has 0 spiro atoms. The van der Waals surface area contributed by atoms with Crippen LogP contribution in [-0.4, -0.2) is 20.1 Å². The zero-order chi connectivity index (χ0) is 20.7. The molecule has 0 aliphatic carbocycles. The van der Waals surface area contributed by atoms with Gasteiger partial charge in [-0.2, -0.15) is 0 Å². The quantitative estimate of drug-likeness (QED) is 0.307. The molecule has 3 aromatic rings. The van der Waals surface area contributed by atoms with Gasteiger partial charge in [-0.15, -0.1) is 0 Å². The van der Waals surface area contributed by atoms with Crippen molar-refractivity contribution in [3.63, 3.8) is 0 Å². The molecular weight excluding hydrogens is 397 g/mol. The number of halogens is 2. The number of nitrogen functional groups attached to an aromatic ring is 2. The first-order valence-corrected chi connectivity index (χ1v) is 8.99. The molecule has 0 saturated carbocycles. The Morgan fingerprint density at radius 1 is 0.821 bits per heavy atom. The van der Waals surface area contributed by atoms with E-state index in [1.54, 1.807) is 38.5 Å². The first-order valence-electron chi connectivity index (χ1n) is 8.23. The van der Waals surface area contributed by atoms with Crippen molar-refractivity contribution in [3.05, 3.63) is 76.3 Å². The second kappa shape index (κ2) is 9.88. The summed E-state index contributed by atoms with van der Waals surface area (Å²) in [5.41, 5.74) is 13.7. The molecule has 0 saturated heterocycles. The van der Waals surface area contributed by atoms with E-state index in [4.69, 9.17) is 49.6 Å². The van der Waals surface area contributed by atoms with Gasteiger partial charge in [0.15, 0.2) is 0 Å². The number of amidine groups is 1. The average Bonchev–Trinajstić information content (AvgIpc) is 2.69. The van der Waals surface area contributed by atoms with Gasteiger partial charge in [0.05, 0.1) is 19.2 Å². The van der Waals surface area contributed by atoms with Crippen molar-refractivity contribution in [2.75, 3.05) is 20.0 Å². The highest BCUT2D eigenvalue weighted by atomic mass is 35.5. The Kier molecular flexibility index (Phi) is 7.55. The van der Waals surface area contributed by atoms with Crippen molar-refractivity contribution < 1.29 is 9.47 Å². The molecule has 0 aliphatic heterocycles. The minimum absolute atomic E-state index is 0.0866. The van der Waals surface area contributed by atoms with Crippen LogP contribution in [0, 0.1) is 5.41 Å². The summed E-state index contributed by atoms with van der Waals surface area (Å²) < 4.78 is 10.0. The molecule has 3 aromatic carbocycles. The standard InChI is InChI=1S/C14H12Cl2N2O.C7H9NO/c1-19-9-4-2-8(3-5-9)12-11(15)7-6-10(13(12)16)14(17)18;1-9-7-4-2-6(8)3-5-7/h2-7H,1H3,(H3,17,18);2-5H,8H2,1H3. The summed E-state index contributed by atoms with van der Waals surface area (Å²) >= 11 is 12.5. The highest BCUT2D eigenvalue weighted by molar-refractivity contribution is 6.41. The Balaban J connectivity index is 0.000000261. The molecule has 0 radical (unpaired) electrons. The maximum atomic E-state index is 7.50. The van der Waals surface area contributed by atoms with Crippen LogP contribution in [-0.2, 0) is 0 Å². The van der Waals surface area contributed by atoms with Crippen LogP contribution < -0.4 is 20.9 Å². The number of nitrogens with one attached hydrogen (secondary N) is 1. The van der Waals surface area contributed by atoms with Crippen LogP contribution in [0.1, 0.15) is 5.56 Å². The number of hydrogen-bond donors (Lipinski definition) is 3. The fourth-order valence-corrected chi connectivity index (χ4v) is 3.08. The minimum atomic E-state index is -0.0866. The molecule has 5 N–H and O–H groups in total. The van der Waals surface area contributed by atoms with Crippen LogP contribution >= 0.6 is 23.2 Å². The maximum absolute atomic E-state index is 7.50. The molecule has 0 amide bonds. The predicted octanol–water partition coefficient (Wildman–Crippen LogP) is 5.23. The highest BCUT2D eigenvalue weighted by Gasteiger charge is 2.14. The van der Waals surface area contributed by atoms with Gasteiger partial charge in [0.1, 0.15) is 17.3 Å². The first-order chi connectivity index (χ1) is 13.4. The molecule has 0 unspecified atom stereocenters. The summed E-state index contributed by atoms with van der Waals surface area (Å²) in [6.07, 6.45) is 0. The SMILES string of the molecule is COc1ccc(-c2c(Cl)ccc(C(=N)N)c2Cl)cc1.COc1ccc(N)cc1. The molecular formula is C21H21Cl2N3O2. The van der Waals surface area contributed by atoms with Gasteiger partial charge in [-0.05, 0) is 54.1 Å². The molecule has 0 bridgehead atoms. The molecule has 28 heavy (non-hydrogen) atoms. The van der Waals surface area contributed by atoms with Crippen molar-refractivity contribution in [2.45, 2.75) is 0 Å². The smallest absolute Gasteiger partial charge is 0.124 e. The van der Waals surface area contributed by atoms with Crippen LogP contribution in [0.5, 0.6) is 11.5 Å². The molecule has 0 atom stereocenters. The number of nitrogens with two attached hydrogens (primary N) is 2. The Hall–Kier alpha value is -2.89. The van der Waals surface area contributed by atoms with E-state index in [1.165, 1.54) is 0 Å². The summed E-state index contributed by atoms with van der Waals surface area (Å²) in [6, 6.07) is 17.9. The van der Waals surface area contributed by atoms with E-state index < -0.39 is 0 Å². The van der Waals surface area contributed by atoms with Crippen LogP contribution in [0.3, 0.4) is 0 Å². The zero-order valence-electron chi connectivity index (χ0n) is 15.5. The van der Waals surface area contributed by atoms with E-state index in [-0.39, 0.29) is 5.84 Å². The summed E-state index contributed by atoms with van der Waals surface area (Å²) in [7, 11) is 3.23. The first kappa shape index (κ1) is 21.4. The normalized spacial score (nSPS) is 9.86. The number of ether oxygens (including phenoxy) is 2. The van der Waals surface area contributed by atoms with E-state index in [9.17, 15) is 0 Å². The molecule has 5 nitrogen and oxygen atoms in total. The third kappa shape index (κ3) is 5.31. The van der Waals surface area contributed by atoms with Crippen molar-refractivity contribution >= 4 is 34.7 Å². The lowest BCUT2D eigenvalue weighted by atomic mass is 10.0. The summed E-state index contributed by atoms with van der Waals surface area (Å²) in [5.74, 6) is 1.50. The zero-order valence-corrected chi connectivity index (χ0v) is 17.0. The fourth-order valence-electron chi connectivity index (χ4n) is 2.39. The molecule has 3 rings (SSSR count). The van der Waals surface area contributed by atoms with Gasteiger partial charge in [0, 0.05) is 21.8 Å². The maximum Gasteiger partial charge on any atom is 0.124 e. The number of anilines is 1. The van der Waals surface area contributed by atoms with Gasteiger partial charge < -0.3 is 20.9 Å². The van der Waals surface area contributed by atoms with Crippen LogP contribution in [0.25, 0.3) is 11.1 Å². The van der Waals surface area contributed by atoms with Crippen LogP contribution in [0.4, 0.5) is 5.69 Å². The number of methoxy groups -OCH3 is 2. The fraction of sp³-hybridized carbons (Fsp3) is 0.0952. The average molecular weight is 418 g/mol. The van der Waals surface area contributed by atoms with Gasteiger partial charge in [-0.25, -0.2) is 0 Å². The third-order valence-electron chi connectivity index (χ3n) is 3.88. The second-order valence-electron chi connectivity index (χ2n) is 5.70. The molecule has 146 valence electrons. The van der Waals surface area contributed by atoms with Crippen molar-refractivity contribution in [1.29, 1.82) is 5.41 Å². The summed E-state index contributed by atoms with van der Waals surface area (Å²) in [4.78, 5) is 0. The van der Waals surface area contributed by atoms with E-state index in [0.29, 0.717) is 21.2 Å². The second-order valence-corrected chi connectivity index (χ2v) is 6.48. The van der Waals surface area contributed by atoms with E-state index in [0.717, 1.165) is 22.7 Å². The van der Waals surface area contributed by atoms with Crippen LogP contribution in [0.15, 0.2) is 60.7 Å². The molecule has 0 heterocycles. The number of benzene rings is 3. The lowest BCUT2D eigenvalue weighted by molar-refractivity contribution is 0.415. The lowest BCUT2D eigenvalue weighted by Crippen LogP contribution is -2.12. The van der Waals surface area contributed by atoms with Gasteiger partial charge in [-0.3, -0.25) is 5.41 Å². The van der Waals surface area contributed by atoms with E-state index >= 15 is 0 Å². The number of hydrogen-bond acceptors (Lipinski definition) is 4. The van der Waals surface area contributed by atoms with Crippen molar-refractivity contribution in [3.8, 4) is 22.6 Å². The lowest BCUT2D eigenvalue weighted by Gasteiger charge is -2.11. The number of rotatable bonds is 4. The predicted molar refractivity (Wildman–Crippen MR) is 117 cm³/mol. The van der Waals surface area contributed by atoms with Gasteiger partial charge in [0.2, 0.25) is 0 Å². The largest absolute Gasteiger partial charge is 0.497 e. The van der Waals surface area contributed by atoms with E-state index in [2.05, 4.69) is 0 Å². The van der Waals surface area contributed by atoms with Crippen molar-refractivity contribution in [1.82, 2.24) is 0 Å². The molecule has 0 aliphatic rings. The topological polar surface area (TPSA) is 94.3 Å². The van der Waals surface area contributed by atoms with Crippen LogP contribution in [0.2, 0.25) is 10.0 Å². The molecule has 0 fully saturated rings. The van der Waals surface area contributed by atoms with Crippen molar-refractivity contribution in [2.24, 2.45) is 5.73 Å². The summed E-state index contributed by atoms with van der Waals surface area (Å²) in [6.45, 7) is 0. The summed E-state index contributed by atoms with van der Waals surface area (Å²) in [5, 5.41) is 8.39. The minimum Gasteiger partial charge on any atom is -0.497 e. The Morgan fingerprint density at radius 3 is 1.79 bits per heavy atom. The Bertz CT molecular complexity index is 943. The molecule has 0 aromatic heterocycles. The van der Waals surface area contributed by atoms with E-state index in [1.807, 2.05) is 36.4 Å². The highest BCUT2D eigenvalue weighted by Crippen LogP contribution is 2.37. The molecule has 7 heteroatoms. The Morgan fingerprint density at radius 2 is 1.32 bits per heavy atom.